The molecule has 1 aliphatic carbocycles. The van der Waals surface area contributed by atoms with E-state index in [0.717, 1.165) is 43.5 Å². The third kappa shape index (κ3) is 4.09. The predicted octanol–water partition coefficient (Wildman–Crippen LogP) is 8.26. The van der Waals surface area contributed by atoms with Crippen LogP contribution in [0.3, 0.4) is 0 Å². The van der Waals surface area contributed by atoms with Gasteiger partial charge in [-0.05, 0) is 81.9 Å². The molecule has 0 amide bonds. The quantitative estimate of drug-likeness (QED) is 0.424. The lowest BCUT2D eigenvalue weighted by molar-refractivity contribution is -0.433. The summed E-state index contributed by atoms with van der Waals surface area (Å²) in [6.45, 7) is 15.5. The summed E-state index contributed by atoms with van der Waals surface area (Å²) in [4.78, 5) is 2.41. The zero-order valence-corrected chi connectivity index (χ0v) is 23.3. The first kappa shape index (κ1) is 25.3. The SMILES string of the molecule is CCN1/C(=C/C=C2\CCCC(/C=C/C3=[N+](CC)c4ccccc4C3(C)C)=C2O)C(C)(C)c2ccccc21. The van der Waals surface area contributed by atoms with E-state index in [1.807, 2.05) is 0 Å². The van der Waals surface area contributed by atoms with Crippen molar-refractivity contribution in [2.75, 3.05) is 18.0 Å². The molecule has 0 atom stereocenters. The normalized spacial score (nSPS) is 22.5. The fraction of sp³-hybridized carbons (Fsp3) is 0.382. The van der Waals surface area contributed by atoms with Crippen LogP contribution >= 0.6 is 0 Å². The van der Waals surface area contributed by atoms with Crippen molar-refractivity contribution in [2.24, 2.45) is 0 Å². The van der Waals surface area contributed by atoms with Gasteiger partial charge >= 0.3 is 0 Å². The summed E-state index contributed by atoms with van der Waals surface area (Å²) in [5, 5.41) is 11.3. The van der Waals surface area contributed by atoms with E-state index in [1.165, 1.54) is 33.9 Å². The molecule has 2 heterocycles. The Morgan fingerprint density at radius 1 is 0.865 bits per heavy atom. The van der Waals surface area contributed by atoms with E-state index in [-0.39, 0.29) is 10.8 Å². The van der Waals surface area contributed by atoms with E-state index in [2.05, 4.69) is 124 Å². The minimum atomic E-state index is -0.0658. The fourth-order valence-corrected chi connectivity index (χ4v) is 6.56. The van der Waals surface area contributed by atoms with Gasteiger partial charge in [0, 0.05) is 41.1 Å². The first-order chi connectivity index (χ1) is 17.7. The topological polar surface area (TPSA) is 26.5 Å². The third-order valence-electron chi connectivity index (χ3n) is 8.62. The van der Waals surface area contributed by atoms with Crippen LogP contribution in [0.15, 0.2) is 95.4 Å². The van der Waals surface area contributed by atoms with Crippen molar-refractivity contribution in [3.8, 4) is 0 Å². The zero-order chi connectivity index (χ0) is 26.4. The van der Waals surface area contributed by atoms with Crippen LogP contribution in [-0.4, -0.2) is 28.5 Å². The smallest absolute Gasteiger partial charge is 0.209 e. The summed E-state index contributed by atoms with van der Waals surface area (Å²) in [5.41, 5.74) is 9.84. The van der Waals surface area contributed by atoms with E-state index in [1.54, 1.807) is 0 Å². The lowest BCUT2D eigenvalue weighted by atomic mass is 9.81. The molecule has 0 radical (unpaired) electrons. The minimum absolute atomic E-state index is 0.0658. The maximum Gasteiger partial charge on any atom is 0.209 e. The molecular formula is C34H41N2O+. The Morgan fingerprint density at radius 2 is 1.57 bits per heavy atom. The number of para-hydroxylation sites is 2. The van der Waals surface area contributed by atoms with Gasteiger partial charge < -0.3 is 10.0 Å². The molecule has 0 bridgehead atoms. The molecule has 1 N–H and O–H groups in total. The maximum atomic E-state index is 11.3. The standard InChI is InChI=1S/C34H40N2O/c1-7-35-28-18-11-9-16-26(28)33(3,4)30(35)22-20-24-14-13-15-25(32(24)37)21-23-31-34(5,6)27-17-10-12-19-29(27)36(31)8-2/h9-12,16-23H,7-8,13-15H2,1-6H3/p+1/b24-20+,30-22+. The maximum absolute atomic E-state index is 11.3. The van der Waals surface area contributed by atoms with Crippen molar-refractivity contribution in [1.82, 2.24) is 0 Å². The monoisotopic (exact) mass is 493 g/mol. The van der Waals surface area contributed by atoms with Gasteiger partial charge in [0.15, 0.2) is 5.71 Å². The van der Waals surface area contributed by atoms with E-state index >= 15 is 0 Å². The van der Waals surface area contributed by atoms with Crippen LogP contribution in [0, 0.1) is 0 Å². The van der Waals surface area contributed by atoms with Gasteiger partial charge in [-0.25, -0.2) is 0 Å². The first-order valence-corrected chi connectivity index (χ1v) is 13.8. The van der Waals surface area contributed by atoms with Crippen LogP contribution in [0.4, 0.5) is 11.4 Å². The second-order valence-electron chi connectivity index (χ2n) is 11.5. The number of aliphatic hydroxyl groups is 1. The lowest BCUT2D eigenvalue weighted by Gasteiger charge is -2.26. The highest BCUT2D eigenvalue weighted by atomic mass is 16.3. The molecule has 0 fully saturated rings. The molecule has 3 aliphatic rings. The Bertz CT molecular complexity index is 1380. The van der Waals surface area contributed by atoms with E-state index in [9.17, 15) is 5.11 Å². The Balaban J connectivity index is 1.48. The number of aliphatic hydroxyl groups excluding tert-OH is 1. The molecular weight excluding hydrogens is 452 g/mol. The number of likely N-dealkylation sites (N-methyl/N-ethyl adjacent to an activating group) is 1. The van der Waals surface area contributed by atoms with E-state index < -0.39 is 0 Å². The molecule has 0 saturated carbocycles. The van der Waals surface area contributed by atoms with Crippen LogP contribution in [0.5, 0.6) is 0 Å². The molecule has 2 aromatic carbocycles. The molecule has 3 heteroatoms. The highest BCUT2D eigenvalue weighted by Crippen LogP contribution is 2.47. The molecule has 5 rings (SSSR count). The van der Waals surface area contributed by atoms with Gasteiger partial charge in [-0.3, -0.25) is 0 Å². The van der Waals surface area contributed by atoms with Gasteiger partial charge in [-0.2, -0.15) is 4.58 Å². The summed E-state index contributed by atoms with van der Waals surface area (Å²) in [5.74, 6) is 0.452. The Kier molecular flexibility index (Phi) is 6.52. The van der Waals surface area contributed by atoms with Crippen LogP contribution in [0.25, 0.3) is 0 Å². The summed E-state index contributed by atoms with van der Waals surface area (Å²) < 4.78 is 2.41. The summed E-state index contributed by atoms with van der Waals surface area (Å²) in [7, 11) is 0. The van der Waals surface area contributed by atoms with Crippen LogP contribution in [0.1, 0.15) is 71.9 Å². The van der Waals surface area contributed by atoms with Crippen LogP contribution < -0.4 is 4.90 Å². The Labute approximate surface area is 222 Å². The molecule has 0 unspecified atom stereocenters. The summed E-state index contributed by atoms with van der Waals surface area (Å²) in [6, 6.07) is 17.4. The second kappa shape index (κ2) is 9.52. The van der Waals surface area contributed by atoms with Crippen molar-refractivity contribution < 1.29 is 9.68 Å². The molecule has 37 heavy (non-hydrogen) atoms. The summed E-state index contributed by atoms with van der Waals surface area (Å²) in [6.07, 6.45) is 11.7. The first-order valence-electron chi connectivity index (χ1n) is 13.8. The predicted molar refractivity (Wildman–Crippen MR) is 156 cm³/mol. The van der Waals surface area contributed by atoms with E-state index in [4.69, 9.17) is 0 Å². The average molecular weight is 494 g/mol. The van der Waals surface area contributed by atoms with Gasteiger partial charge in [0.1, 0.15) is 12.3 Å². The number of hydrogen-bond acceptors (Lipinski definition) is 2. The van der Waals surface area contributed by atoms with Gasteiger partial charge in [-0.1, -0.05) is 56.3 Å². The van der Waals surface area contributed by atoms with Gasteiger partial charge in [-0.15, -0.1) is 0 Å². The molecule has 2 aromatic rings. The molecule has 0 aromatic heterocycles. The lowest BCUT2D eigenvalue weighted by Crippen LogP contribution is -2.27. The molecule has 0 spiro atoms. The van der Waals surface area contributed by atoms with Crippen molar-refractivity contribution in [1.29, 1.82) is 0 Å². The minimum Gasteiger partial charge on any atom is -0.507 e. The van der Waals surface area contributed by atoms with Crippen LogP contribution in [0.2, 0.25) is 0 Å². The largest absolute Gasteiger partial charge is 0.507 e. The highest BCUT2D eigenvalue weighted by molar-refractivity contribution is 6.03. The average Bonchev–Trinajstić information content (AvgIpc) is 3.25. The van der Waals surface area contributed by atoms with Crippen LogP contribution in [-0.2, 0) is 10.8 Å². The van der Waals surface area contributed by atoms with Crippen molar-refractivity contribution in [3.05, 3.63) is 107 Å². The molecule has 2 aliphatic heterocycles. The van der Waals surface area contributed by atoms with Gasteiger partial charge in [0.2, 0.25) is 5.69 Å². The van der Waals surface area contributed by atoms with Gasteiger partial charge in [0.05, 0.1) is 5.41 Å². The van der Waals surface area contributed by atoms with Gasteiger partial charge in [0.25, 0.3) is 0 Å². The highest BCUT2D eigenvalue weighted by Gasteiger charge is 2.43. The second-order valence-corrected chi connectivity index (χ2v) is 11.5. The zero-order valence-electron chi connectivity index (χ0n) is 23.3. The van der Waals surface area contributed by atoms with Crippen molar-refractivity contribution in [3.63, 3.8) is 0 Å². The number of rotatable bonds is 5. The Hall–Kier alpha value is -3.33. The summed E-state index contributed by atoms with van der Waals surface area (Å²) >= 11 is 0. The van der Waals surface area contributed by atoms with E-state index in [0.29, 0.717) is 5.76 Å². The number of benzene rings is 2. The number of fused-ring (bicyclic) bond motifs is 2. The van der Waals surface area contributed by atoms with Crippen molar-refractivity contribution in [2.45, 2.75) is 71.6 Å². The molecule has 0 saturated heterocycles. The number of hydrogen-bond donors (Lipinski definition) is 1. The van der Waals surface area contributed by atoms with Crippen molar-refractivity contribution >= 4 is 17.1 Å². The molecule has 3 nitrogen and oxygen atoms in total. The number of allylic oxidation sites excluding steroid dienone is 7. The molecule has 192 valence electrons. The number of anilines is 1. The fourth-order valence-electron chi connectivity index (χ4n) is 6.56. The third-order valence-corrected chi connectivity index (χ3v) is 8.62. The number of nitrogens with zero attached hydrogens (tertiary/aromatic N) is 2. The Morgan fingerprint density at radius 3 is 2.30 bits per heavy atom.